The molecule has 3 N–H and O–H groups in total. The van der Waals surface area contributed by atoms with E-state index in [-0.39, 0.29) is 11.3 Å². The van der Waals surface area contributed by atoms with Gasteiger partial charge in [0.1, 0.15) is 17.1 Å². The first-order chi connectivity index (χ1) is 14.5. The van der Waals surface area contributed by atoms with Gasteiger partial charge in [0.05, 0.1) is 12.2 Å². The Balaban J connectivity index is 1.65. The maximum Gasteiger partial charge on any atom is 0.352 e. The summed E-state index contributed by atoms with van der Waals surface area (Å²) in [4.78, 5) is 24.4. The predicted molar refractivity (Wildman–Crippen MR) is 115 cm³/mol. The molecular formula is C22H17ClN4O3. The number of hydrogen-bond acceptors (Lipinski definition) is 4. The van der Waals surface area contributed by atoms with Crippen molar-refractivity contribution in [2.75, 3.05) is 10.6 Å². The molecule has 1 aliphatic rings. The van der Waals surface area contributed by atoms with Gasteiger partial charge in [-0.3, -0.25) is 4.79 Å². The number of hydrogen-bond donors (Lipinski definition) is 3. The molecule has 2 heterocycles. The van der Waals surface area contributed by atoms with E-state index >= 15 is 0 Å². The number of nitrogens with one attached hydrogen (secondary N) is 2. The molecule has 1 atom stereocenters. The lowest BCUT2D eigenvalue weighted by atomic mass is 10.1. The molecule has 150 valence electrons. The Morgan fingerprint density at radius 1 is 1.17 bits per heavy atom. The highest BCUT2D eigenvalue weighted by Crippen LogP contribution is 2.30. The summed E-state index contributed by atoms with van der Waals surface area (Å²) >= 11 is 5.97. The number of fused-ring (bicyclic) bond motifs is 1. The third-order valence-corrected chi connectivity index (χ3v) is 4.75. The number of amides is 1. The Morgan fingerprint density at radius 2 is 1.97 bits per heavy atom. The summed E-state index contributed by atoms with van der Waals surface area (Å²) < 4.78 is 1.57. The number of halogens is 1. The summed E-state index contributed by atoms with van der Waals surface area (Å²) in [6, 6.07) is 15.9. The van der Waals surface area contributed by atoms with Crippen LogP contribution in [0.4, 0.5) is 11.5 Å². The van der Waals surface area contributed by atoms with Crippen LogP contribution in [-0.2, 0) is 4.79 Å². The summed E-state index contributed by atoms with van der Waals surface area (Å²) in [6.45, 7) is 0. The molecule has 0 saturated carbocycles. The van der Waals surface area contributed by atoms with E-state index in [1.54, 1.807) is 35.0 Å². The van der Waals surface area contributed by atoms with Gasteiger partial charge in [0.15, 0.2) is 0 Å². The number of carboxylic acids is 1. The van der Waals surface area contributed by atoms with Gasteiger partial charge in [-0.15, -0.1) is 0 Å². The van der Waals surface area contributed by atoms with Crippen LogP contribution in [0.1, 0.15) is 22.0 Å². The molecule has 0 aliphatic carbocycles. The topological polar surface area (TPSA) is 96.2 Å². The van der Waals surface area contributed by atoms with E-state index in [4.69, 9.17) is 11.6 Å². The molecule has 7 nitrogen and oxygen atoms in total. The predicted octanol–water partition coefficient (Wildman–Crippen LogP) is 4.44. The average molecular weight is 421 g/mol. The van der Waals surface area contributed by atoms with Crippen LogP contribution in [0.2, 0.25) is 5.02 Å². The van der Waals surface area contributed by atoms with E-state index in [0.29, 0.717) is 16.5 Å². The number of carbonyl (C=O) groups excluding carboxylic acids is 1. The van der Waals surface area contributed by atoms with Crippen molar-refractivity contribution in [3.63, 3.8) is 0 Å². The number of rotatable bonds is 5. The van der Waals surface area contributed by atoms with Crippen LogP contribution in [-0.4, -0.2) is 26.8 Å². The first kappa shape index (κ1) is 19.5. The number of nitrogens with zero attached hydrogens (tertiary/aromatic N) is 2. The molecule has 0 bridgehead atoms. The number of carboxylic acid groups (broad SMARTS) is 1. The van der Waals surface area contributed by atoms with Gasteiger partial charge >= 0.3 is 5.97 Å². The van der Waals surface area contributed by atoms with E-state index in [2.05, 4.69) is 15.7 Å². The summed E-state index contributed by atoms with van der Waals surface area (Å²) in [5.74, 6) is -1.25. The van der Waals surface area contributed by atoms with Gasteiger partial charge in [-0.1, -0.05) is 60.2 Å². The van der Waals surface area contributed by atoms with Crippen LogP contribution in [0.3, 0.4) is 0 Å². The standard InChI is InChI=1S/C22H17ClN4O3/c23-15-7-4-8-16(11-15)25-21(28)18-13-24-27-17(10-9-14-5-2-1-3-6-14)12-19(22(29)30)26-20(18)27/h1-13,17,26H,(H,25,28)(H,29,30)/b10-9+/t17-/m1/s1. The Labute approximate surface area is 177 Å². The van der Waals surface area contributed by atoms with Crippen molar-refractivity contribution in [1.82, 2.24) is 9.78 Å². The molecule has 0 fully saturated rings. The Bertz CT molecular complexity index is 1170. The lowest BCUT2D eigenvalue weighted by molar-refractivity contribution is -0.132. The molecule has 0 saturated heterocycles. The van der Waals surface area contributed by atoms with E-state index in [1.807, 2.05) is 42.5 Å². The Hall–Kier alpha value is -3.84. The summed E-state index contributed by atoms with van der Waals surface area (Å²) in [7, 11) is 0. The fraction of sp³-hybridized carbons (Fsp3) is 0.0455. The minimum absolute atomic E-state index is 0.0254. The average Bonchev–Trinajstić information content (AvgIpc) is 3.17. The van der Waals surface area contributed by atoms with Crippen molar-refractivity contribution in [2.45, 2.75) is 6.04 Å². The fourth-order valence-corrected chi connectivity index (χ4v) is 3.28. The molecule has 1 aromatic heterocycles. The van der Waals surface area contributed by atoms with Crippen molar-refractivity contribution in [3.05, 3.63) is 94.8 Å². The van der Waals surface area contributed by atoms with Gasteiger partial charge in [0.2, 0.25) is 0 Å². The normalized spacial score (nSPS) is 15.2. The number of carbonyl (C=O) groups is 2. The van der Waals surface area contributed by atoms with Gasteiger partial charge in [0, 0.05) is 10.7 Å². The second kappa shape index (κ2) is 8.26. The minimum atomic E-state index is -1.12. The van der Waals surface area contributed by atoms with Crippen molar-refractivity contribution in [3.8, 4) is 0 Å². The highest BCUT2D eigenvalue weighted by atomic mass is 35.5. The van der Waals surface area contributed by atoms with Gasteiger partial charge in [-0.25, -0.2) is 9.48 Å². The number of aromatic nitrogens is 2. The lowest BCUT2D eigenvalue weighted by Crippen LogP contribution is -2.24. The van der Waals surface area contributed by atoms with Gasteiger partial charge in [0.25, 0.3) is 5.91 Å². The Kier molecular flexibility index (Phi) is 5.36. The van der Waals surface area contributed by atoms with E-state index in [1.165, 1.54) is 6.20 Å². The van der Waals surface area contributed by atoms with E-state index in [9.17, 15) is 14.7 Å². The van der Waals surface area contributed by atoms with Crippen LogP contribution in [0.25, 0.3) is 6.08 Å². The van der Waals surface area contributed by atoms with Gasteiger partial charge in [-0.2, -0.15) is 5.10 Å². The minimum Gasteiger partial charge on any atom is -0.477 e. The molecule has 1 aliphatic heterocycles. The molecule has 0 spiro atoms. The molecule has 2 aromatic carbocycles. The first-order valence-corrected chi connectivity index (χ1v) is 9.49. The Morgan fingerprint density at radius 3 is 2.70 bits per heavy atom. The molecule has 0 unspecified atom stereocenters. The maximum atomic E-state index is 12.8. The van der Waals surface area contributed by atoms with Crippen LogP contribution in [0.5, 0.6) is 0 Å². The molecule has 3 aromatic rings. The molecule has 1 amide bonds. The van der Waals surface area contributed by atoms with E-state index in [0.717, 1.165) is 5.56 Å². The highest BCUT2D eigenvalue weighted by molar-refractivity contribution is 6.31. The SMILES string of the molecule is O=C(O)C1=C[C@@H](/C=C/c2ccccc2)n2ncc(C(=O)Nc3cccc(Cl)c3)c2N1. The van der Waals surface area contributed by atoms with E-state index < -0.39 is 17.9 Å². The maximum absolute atomic E-state index is 12.8. The summed E-state index contributed by atoms with van der Waals surface area (Å²) in [5.41, 5.74) is 1.69. The number of aliphatic carboxylic acids is 1. The second-order valence-electron chi connectivity index (χ2n) is 6.59. The molecule has 30 heavy (non-hydrogen) atoms. The summed E-state index contributed by atoms with van der Waals surface area (Å²) in [5, 5.41) is 19.8. The molecule has 0 radical (unpaired) electrons. The first-order valence-electron chi connectivity index (χ1n) is 9.11. The van der Waals surface area contributed by atoms with Crippen molar-refractivity contribution < 1.29 is 14.7 Å². The smallest absolute Gasteiger partial charge is 0.352 e. The van der Waals surface area contributed by atoms with Gasteiger partial charge < -0.3 is 15.7 Å². The van der Waals surface area contributed by atoms with Crippen LogP contribution in [0.15, 0.2) is 78.6 Å². The zero-order valence-electron chi connectivity index (χ0n) is 15.6. The monoisotopic (exact) mass is 420 g/mol. The molecule has 8 heteroatoms. The van der Waals surface area contributed by atoms with Crippen molar-refractivity contribution in [1.29, 1.82) is 0 Å². The zero-order valence-corrected chi connectivity index (χ0v) is 16.4. The summed E-state index contributed by atoms with van der Waals surface area (Å²) in [6.07, 6.45) is 6.65. The quantitative estimate of drug-likeness (QED) is 0.567. The van der Waals surface area contributed by atoms with Crippen molar-refractivity contribution in [2.24, 2.45) is 0 Å². The fourth-order valence-electron chi connectivity index (χ4n) is 3.09. The third-order valence-electron chi connectivity index (χ3n) is 4.51. The van der Waals surface area contributed by atoms with Crippen LogP contribution in [0, 0.1) is 0 Å². The van der Waals surface area contributed by atoms with Gasteiger partial charge in [-0.05, 0) is 29.8 Å². The third kappa shape index (κ3) is 4.11. The van der Waals surface area contributed by atoms with Crippen molar-refractivity contribution >= 4 is 41.1 Å². The van der Waals surface area contributed by atoms with Crippen LogP contribution < -0.4 is 10.6 Å². The molecular weight excluding hydrogens is 404 g/mol. The zero-order chi connectivity index (χ0) is 21.1. The number of benzene rings is 2. The largest absolute Gasteiger partial charge is 0.477 e. The van der Waals surface area contributed by atoms with Crippen LogP contribution >= 0.6 is 11.6 Å². The lowest BCUT2D eigenvalue weighted by Gasteiger charge is -2.22. The number of allylic oxidation sites excluding steroid dienone is 2. The molecule has 4 rings (SSSR count). The highest BCUT2D eigenvalue weighted by Gasteiger charge is 2.27. The second-order valence-corrected chi connectivity index (χ2v) is 7.02. The number of anilines is 2.